The van der Waals surface area contributed by atoms with Gasteiger partial charge < -0.3 is 17.3 Å². The third-order valence-electron chi connectivity index (χ3n) is 0.224. The quantitative estimate of drug-likeness (QED) is 0.361. The standard InChI is InChI=1S/C3H6N.BF4/c1-3-4-2;2-1(3,4)5/h1-2H3;/q+1;-1. The van der Waals surface area contributed by atoms with Gasteiger partial charge in [-0.15, -0.1) is 0 Å². The maximum atomic E-state index is 9.75. The molecule has 0 aromatic carbocycles. The predicted octanol–water partition coefficient (Wildman–Crippen LogP) is 2.27. The second-order valence-corrected chi connectivity index (χ2v) is 0.942. The zero-order valence-electron chi connectivity index (χ0n) is 5.04. The molecule has 6 heteroatoms. The van der Waals surface area contributed by atoms with Crippen LogP contribution in [0.15, 0.2) is 0 Å². The van der Waals surface area contributed by atoms with Crippen LogP contribution in [0.5, 0.6) is 0 Å². The number of nitrogens with zero attached hydrogens (tertiary/aromatic N) is 1. The summed E-state index contributed by atoms with van der Waals surface area (Å²) >= 11 is 0. The molecule has 0 unspecified atom stereocenters. The Hall–Kier alpha value is -0.725. The molecule has 0 spiro atoms. The smallest absolute Gasteiger partial charge is 0.418 e. The fraction of sp³-hybridized carbons (Fsp3) is 0.667. The maximum Gasteiger partial charge on any atom is 0.673 e. The minimum absolute atomic E-state index is 1.69. The normalized spacial score (nSPS) is 8.22. The van der Waals surface area contributed by atoms with E-state index in [0.29, 0.717) is 0 Å². The minimum Gasteiger partial charge on any atom is -0.418 e. The summed E-state index contributed by atoms with van der Waals surface area (Å²) in [6, 6.07) is 2.56. The first-order valence-electron chi connectivity index (χ1n) is 2.04. The molecule has 9 heavy (non-hydrogen) atoms. The molecule has 0 aliphatic heterocycles. The van der Waals surface area contributed by atoms with Crippen LogP contribution in [0.25, 0.3) is 4.85 Å². The van der Waals surface area contributed by atoms with Crippen LogP contribution in [0.2, 0.25) is 0 Å². The molecule has 0 radical (unpaired) electrons. The van der Waals surface area contributed by atoms with E-state index in [0.717, 1.165) is 0 Å². The van der Waals surface area contributed by atoms with Gasteiger partial charge in [0.1, 0.15) is 0 Å². The maximum absolute atomic E-state index is 9.75. The zero-order valence-corrected chi connectivity index (χ0v) is 5.04. The van der Waals surface area contributed by atoms with Crippen molar-refractivity contribution in [3.8, 4) is 6.07 Å². The van der Waals surface area contributed by atoms with Gasteiger partial charge in [0.05, 0.1) is 6.92 Å². The van der Waals surface area contributed by atoms with Gasteiger partial charge in [-0.25, -0.2) is 0 Å². The summed E-state index contributed by atoms with van der Waals surface area (Å²) in [7, 11) is -4.31. The van der Waals surface area contributed by atoms with Crippen LogP contribution in [0, 0.1) is 6.07 Å². The van der Waals surface area contributed by atoms with Gasteiger partial charge >= 0.3 is 7.25 Å². The molecule has 0 atom stereocenters. The molecule has 0 saturated carbocycles. The van der Waals surface area contributed by atoms with Gasteiger partial charge in [0.25, 0.3) is 13.1 Å². The van der Waals surface area contributed by atoms with Gasteiger partial charge in [-0.2, -0.15) is 0 Å². The average Bonchev–Trinajstić information content (AvgIpc) is 1.61. The molecule has 0 aliphatic carbocycles. The van der Waals surface area contributed by atoms with Gasteiger partial charge in [-0.05, 0) is 0 Å². The van der Waals surface area contributed by atoms with E-state index in [9.17, 15) is 17.3 Å². The van der Waals surface area contributed by atoms with Crippen molar-refractivity contribution in [3.63, 3.8) is 0 Å². The summed E-state index contributed by atoms with van der Waals surface area (Å²) in [6.45, 7) is 1.76. The van der Waals surface area contributed by atoms with E-state index in [1.165, 1.54) is 0 Å². The van der Waals surface area contributed by atoms with Crippen molar-refractivity contribution in [2.24, 2.45) is 0 Å². The van der Waals surface area contributed by atoms with Crippen LogP contribution >= 0.6 is 0 Å². The molecule has 0 heterocycles. The molecule has 0 aliphatic rings. The lowest BCUT2D eigenvalue weighted by Gasteiger charge is -1.94. The van der Waals surface area contributed by atoms with Crippen LogP contribution in [-0.2, 0) is 0 Å². The monoisotopic (exact) mass is 143 g/mol. The first-order valence-corrected chi connectivity index (χ1v) is 2.04. The van der Waals surface area contributed by atoms with Crippen LogP contribution in [0.1, 0.15) is 6.92 Å². The Morgan fingerprint density at radius 2 is 1.33 bits per heavy atom. The van der Waals surface area contributed by atoms with Crippen molar-refractivity contribution >= 4 is 7.25 Å². The van der Waals surface area contributed by atoms with Gasteiger partial charge in [0.15, 0.2) is 0 Å². The van der Waals surface area contributed by atoms with Gasteiger partial charge in [0, 0.05) is 0 Å². The predicted molar refractivity (Wildman–Crippen MR) is 29.0 cm³/mol. The molecule has 0 fully saturated rings. The largest absolute Gasteiger partial charge is 0.673 e. The lowest BCUT2D eigenvalue weighted by molar-refractivity contribution is 0.368. The van der Waals surface area contributed by atoms with Crippen molar-refractivity contribution < 1.29 is 17.3 Å². The van der Waals surface area contributed by atoms with E-state index in [1.54, 1.807) is 14.0 Å². The Balaban J connectivity index is 0. The molecule has 0 amide bonds. The summed E-state index contributed by atoms with van der Waals surface area (Å²) in [5.74, 6) is 0. The first-order chi connectivity index (χ1) is 3.91. The van der Waals surface area contributed by atoms with E-state index in [4.69, 9.17) is 0 Å². The lowest BCUT2D eigenvalue weighted by atomic mass is 10.3. The molecule has 0 aromatic rings. The van der Waals surface area contributed by atoms with Crippen molar-refractivity contribution in [1.29, 1.82) is 0 Å². The van der Waals surface area contributed by atoms with Gasteiger partial charge in [-0.1, -0.05) is 4.85 Å². The van der Waals surface area contributed by atoms with Crippen LogP contribution in [0.3, 0.4) is 0 Å². The summed E-state index contributed by atoms with van der Waals surface area (Å²) in [4.78, 5) is 3.49. The first kappa shape index (κ1) is 11.1. The molecule has 0 rings (SSSR count). The highest BCUT2D eigenvalue weighted by atomic mass is 19.5. The highest BCUT2D eigenvalue weighted by Gasteiger charge is 2.20. The molecule has 0 saturated heterocycles. The van der Waals surface area contributed by atoms with Gasteiger partial charge in [0.2, 0.25) is 0 Å². The molecule has 0 bridgehead atoms. The van der Waals surface area contributed by atoms with Crippen LogP contribution in [0.4, 0.5) is 17.3 Å². The third-order valence-corrected chi connectivity index (χ3v) is 0.224. The molecular weight excluding hydrogens is 137 g/mol. The third kappa shape index (κ3) is 2680. The zero-order chi connectivity index (χ0) is 7.91. The topological polar surface area (TPSA) is 4.36 Å². The summed E-state index contributed by atoms with van der Waals surface area (Å²) < 4.78 is 39.0. The minimum atomic E-state index is -6.00. The molecule has 1 nitrogen and oxygen atoms in total. The summed E-state index contributed by atoms with van der Waals surface area (Å²) in [6.07, 6.45) is 0. The lowest BCUT2D eigenvalue weighted by Crippen LogP contribution is -2.02. The number of hydrogen-bond acceptors (Lipinski definition) is 0. The second-order valence-electron chi connectivity index (χ2n) is 0.942. The second kappa shape index (κ2) is 5.41. The van der Waals surface area contributed by atoms with E-state index in [-0.39, 0.29) is 0 Å². The number of halogens is 4. The Kier molecular flexibility index (Phi) is 6.69. The van der Waals surface area contributed by atoms with Crippen molar-refractivity contribution in [2.75, 3.05) is 7.05 Å². The van der Waals surface area contributed by atoms with E-state index >= 15 is 0 Å². The molecular formula is C3H6BF4N. The van der Waals surface area contributed by atoms with Gasteiger partial charge in [-0.3, -0.25) is 0 Å². The average molecular weight is 143 g/mol. The number of hydrogen-bond donors (Lipinski definition) is 0. The molecule has 0 N–H and O–H groups in total. The molecule has 54 valence electrons. The fourth-order valence-corrected chi connectivity index (χ4v) is 0. The van der Waals surface area contributed by atoms with E-state index in [1.807, 2.05) is 0 Å². The Labute approximate surface area is 50.6 Å². The summed E-state index contributed by atoms with van der Waals surface area (Å²) in [5.41, 5.74) is 0. The van der Waals surface area contributed by atoms with Crippen LogP contribution < -0.4 is 0 Å². The highest BCUT2D eigenvalue weighted by Crippen LogP contribution is 2.06. The number of rotatable bonds is 0. The van der Waals surface area contributed by atoms with Crippen molar-refractivity contribution in [2.45, 2.75) is 6.92 Å². The van der Waals surface area contributed by atoms with Crippen molar-refractivity contribution in [3.05, 3.63) is 4.85 Å². The van der Waals surface area contributed by atoms with E-state index in [2.05, 4.69) is 10.9 Å². The van der Waals surface area contributed by atoms with Crippen molar-refractivity contribution in [1.82, 2.24) is 0 Å². The SMILES string of the molecule is CC#[N+]C.F[B-](F)(F)F. The van der Waals surface area contributed by atoms with Crippen LogP contribution in [-0.4, -0.2) is 14.3 Å². The molecule has 0 aromatic heterocycles. The van der Waals surface area contributed by atoms with E-state index < -0.39 is 7.25 Å². The Morgan fingerprint density at radius 1 is 1.22 bits per heavy atom. The Morgan fingerprint density at radius 3 is 1.33 bits per heavy atom. The fourth-order valence-electron chi connectivity index (χ4n) is 0. The Bertz CT molecular complexity index is 97.2. The highest BCUT2D eigenvalue weighted by molar-refractivity contribution is 6.50. The summed E-state index contributed by atoms with van der Waals surface area (Å²) in [5, 5.41) is 0.